The Labute approximate surface area is 90.4 Å². The number of aromatic nitrogens is 2. The first-order valence-corrected chi connectivity index (χ1v) is 5.72. The van der Waals surface area contributed by atoms with Crippen LogP contribution in [0.3, 0.4) is 0 Å². The molecule has 1 aliphatic heterocycles. The number of nitrogens with zero attached hydrogens (tertiary/aromatic N) is 5. The topological polar surface area (TPSA) is 62.9 Å². The second-order valence-electron chi connectivity index (χ2n) is 3.18. The molecule has 0 radical (unpaired) electrons. The molecule has 0 N–H and O–H groups in total. The number of hydrogen-bond donors (Lipinski definition) is 0. The van der Waals surface area contributed by atoms with Gasteiger partial charge in [-0.15, -0.1) is 22.0 Å². The van der Waals surface area contributed by atoms with Gasteiger partial charge in [0.15, 0.2) is 0 Å². The SMILES string of the molecule is CSC1C2=NN=NC2=Cc2cncnc21. The summed E-state index contributed by atoms with van der Waals surface area (Å²) in [5, 5.41) is 11.8. The number of allylic oxidation sites excluding steroid dienone is 1. The van der Waals surface area contributed by atoms with E-state index in [9.17, 15) is 0 Å². The maximum absolute atomic E-state index is 4.29. The van der Waals surface area contributed by atoms with Gasteiger partial charge in [0.2, 0.25) is 0 Å². The van der Waals surface area contributed by atoms with Crippen molar-refractivity contribution in [1.82, 2.24) is 9.97 Å². The Hall–Kier alpha value is -1.56. The van der Waals surface area contributed by atoms with Crippen LogP contribution in [0.2, 0.25) is 0 Å². The minimum absolute atomic E-state index is 0.123. The Bertz CT molecular complexity index is 505. The Balaban J connectivity index is 2.22. The third-order valence-corrected chi connectivity index (χ3v) is 3.28. The molecule has 1 aliphatic carbocycles. The molecule has 0 fully saturated rings. The molecule has 0 amide bonds. The molecule has 6 heteroatoms. The molecule has 5 nitrogen and oxygen atoms in total. The molecule has 1 atom stereocenters. The zero-order chi connectivity index (χ0) is 10.3. The summed E-state index contributed by atoms with van der Waals surface area (Å²) in [5.41, 5.74) is 3.73. The minimum atomic E-state index is 0.123. The molecular weight excluding hydrogens is 210 g/mol. The number of rotatable bonds is 1. The van der Waals surface area contributed by atoms with Crippen LogP contribution in [0, 0.1) is 0 Å². The van der Waals surface area contributed by atoms with E-state index in [1.54, 1.807) is 24.3 Å². The lowest BCUT2D eigenvalue weighted by atomic mass is 10.00. The lowest BCUT2D eigenvalue weighted by molar-refractivity contribution is 1.04. The number of thioether (sulfide) groups is 1. The first-order chi connectivity index (χ1) is 7.40. The molecule has 1 unspecified atom stereocenters. The van der Waals surface area contributed by atoms with Crippen molar-refractivity contribution >= 4 is 23.5 Å². The van der Waals surface area contributed by atoms with Crippen molar-refractivity contribution < 1.29 is 0 Å². The third kappa shape index (κ3) is 1.21. The molecule has 74 valence electrons. The quantitative estimate of drug-likeness (QED) is 0.723. The highest BCUT2D eigenvalue weighted by Gasteiger charge is 2.31. The van der Waals surface area contributed by atoms with Gasteiger partial charge in [0, 0.05) is 11.8 Å². The predicted molar refractivity (Wildman–Crippen MR) is 58.6 cm³/mol. The fourth-order valence-electron chi connectivity index (χ4n) is 1.69. The number of fused-ring (bicyclic) bond motifs is 2. The van der Waals surface area contributed by atoms with Crippen LogP contribution in [0.15, 0.2) is 33.7 Å². The van der Waals surface area contributed by atoms with Gasteiger partial charge in [0.25, 0.3) is 0 Å². The second kappa shape index (κ2) is 3.23. The van der Waals surface area contributed by atoms with Crippen LogP contribution >= 0.6 is 11.8 Å². The van der Waals surface area contributed by atoms with Gasteiger partial charge in [-0.25, -0.2) is 9.97 Å². The van der Waals surface area contributed by atoms with E-state index in [0.717, 1.165) is 22.7 Å². The summed E-state index contributed by atoms with van der Waals surface area (Å²) in [5.74, 6) is 0. The van der Waals surface area contributed by atoms with Gasteiger partial charge in [-0.2, -0.15) is 0 Å². The van der Waals surface area contributed by atoms with Gasteiger partial charge < -0.3 is 0 Å². The van der Waals surface area contributed by atoms with E-state index < -0.39 is 0 Å². The van der Waals surface area contributed by atoms with E-state index in [1.165, 1.54) is 0 Å². The second-order valence-corrected chi connectivity index (χ2v) is 4.13. The Morgan fingerprint density at radius 2 is 2.33 bits per heavy atom. The van der Waals surface area contributed by atoms with Crippen molar-refractivity contribution in [3.63, 3.8) is 0 Å². The van der Waals surface area contributed by atoms with Gasteiger partial charge in [-0.05, 0) is 17.6 Å². The van der Waals surface area contributed by atoms with E-state index in [2.05, 4.69) is 25.4 Å². The largest absolute Gasteiger partial charge is 0.244 e. The summed E-state index contributed by atoms with van der Waals surface area (Å²) in [6, 6.07) is 0. The normalized spacial score (nSPS) is 21.8. The molecule has 1 aromatic rings. The molecule has 3 rings (SSSR count). The average molecular weight is 217 g/mol. The standard InChI is InChI=1S/C9H7N5S/c1-15-9-7-5(3-10-4-11-7)2-6-8(9)13-14-12-6/h2-4,9H,1H3. The summed E-state index contributed by atoms with van der Waals surface area (Å²) in [6.45, 7) is 0. The van der Waals surface area contributed by atoms with E-state index in [4.69, 9.17) is 0 Å². The van der Waals surface area contributed by atoms with Crippen molar-refractivity contribution in [2.45, 2.75) is 5.25 Å². The highest BCUT2D eigenvalue weighted by Crippen LogP contribution is 2.38. The average Bonchev–Trinajstić information content (AvgIpc) is 2.73. The van der Waals surface area contributed by atoms with Crippen molar-refractivity contribution in [2.75, 3.05) is 6.26 Å². The van der Waals surface area contributed by atoms with E-state index >= 15 is 0 Å². The lowest BCUT2D eigenvalue weighted by Gasteiger charge is -2.19. The van der Waals surface area contributed by atoms with E-state index in [-0.39, 0.29) is 5.25 Å². The molecule has 15 heavy (non-hydrogen) atoms. The molecule has 0 saturated carbocycles. The zero-order valence-corrected chi connectivity index (χ0v) is 8.77. The van der Waals surface area contributed by atoms with Gasteiger partial charge >= 0.3 is 0 Å². The van der Waals surface area contributed by atoms with Crippen molar-refractivity contribution in [3.8, 4) is 0 Å². The Morgan fingerprint density at radius 1 is 1.40 bits per heavy atom. The van der Waals surface area contributed by atoms with Crippen molar-refractivity contribution in [3.05, 3.63) is 29.5 Å². The highest BCUT2D eigenvalue weighted by atomic mass is 32.2. The van der Waals surface area contributed by atoms with Gasteiger partial charge in [-0.3, -0.25) is 0 Å². The van der Waals surface area contributed by atoms with Crippen LogP contribution in [0.25, 0.3) is 6.08 Å². The smallest absolute Gasteiger partial charge is 0.115 e. The monoisotopic (exact) mass is 217 g/mol. The van der Waals surface area contributed by atoms with Crippen LogP contribution in [0.1, 0.15) is 16.5 Å². The van der Waals surface area contributed by atoms with Crippen molar-refractivity contribution in [2.24, 2.45) is 15.4 Å². The lowest BCUT2D eigenvalue weighted by Crippen LogP contribution is -2.16. The fraction of sp³-hybridized carbons (Fsp3) is 0.222. The Kier molecular flexibility index (Phi) is 1.88. The van der Waals surface area contributed by atoms with Crippen LogP contribution in [0.5, 0.6) is 0 Å². The summed E-state index contributed by atoms with van der Waals surface area (Å²) >= 11 is 1.68. The van der Waals surface area contributed by atoms with Crippen LogP contribution in [-0.2, 0) is 0 Å². The minimum Gasteiger partial charge on any atom is -0.244 e. The maximum atomic E-state index is 4.29. The first-order valence-electron chi connectivity index (χ1n) is 4.43. The van der Waals surface area contributed by atoms with Crippen LogP contribution < -0.4 is 0 Å². The zero-order valence-electron chi connectivity index (χ0n) is 7.95. The molecule has 0 bridgehead atoms. The molecule has 0 saturated heterocycles. The molecule has 0 spiro atoms. The molecule has 2 aliphatic rings. The maximum Gasteiger partial charge on any atom is 0.115 e. The summed E-state index contributed by atoms with van der Waals surface area (Å²) in [7, 11) is 0. The van der Waals surface area contributed by atoms with Gasteiger partial charge in [-0.1, -0.05) is 0 Å². The van der Waals surface area contributed by atoms with Crippen LogP contribution in [0.4, 0.5) is 0 Å². The third-order valence-electron chi connectivity index (χ3n) is 2.36. The van der Waals surface area contributed by atoms with E-state index in [0.29, 0.717) is 0 Å². The molecule has 1 aromatic heterocycles. The van der Waals surface area contributed by atoms with Crippen molar-refractivity contribution in [1.29, 1.82) is 0 Å². The first kappa shape index (κ1) is 8.72. The van der Waals surface area contributed by atoms with Crippen LogP contribution in [-0.4, -0.2) is 21.9 Å². The van der Waals surface area contributed by atoms with E-state index in [1.807, 2.05) is 12.3 Å². The number of hydrogen-bond acceptors (Lipinski definition) is 6. The molecular formula is C9H7N5S. The summed E-state index contributed by atoms with van der Waals surface area (Å²) in [4.78, 5) is 8.30. The predicted octanol–water partition coefficient (Wildman–Crippen LogP) is 2.06. The molecule has 2 heterocycles. The summed E-state index contributed by atoms with van der Waals surface area (Å²) < 4.78 is 0. The fourth-order valence-corrected chi connectivity index (χ4v) is 2.50. The highest BCUT2D eigenvalue weighted by molar-refractivity contribution is 7.99. The Morgan fingerprint density at radius 3 is 3.20 bits per heavy atom. The summed E-state index contributed by atoms with van der Waals surface area (Å²) in [6.07, 6.45) is 7.31. The van der Waals surface area contributed by atoms with Gasteiger partial charge in [0.05, 0.1) is 10.9 Å². The van der Waals surface area contributed by atoms with Gasteiger partial charge in [0.1, 0.15) is 17.7 Å². The molecule has 0 aromatic carbocycles.